The summed E-state index contributed by atoms with van der Waals surface area (Å²) < 4.78 is 14.4. The Morgan fingerprint density at radius 1 is 1.22 bits per heavy atom. The summed E-state index contributed by atoms with van der Waals surface area (Å²) >= 11 is 0. The number of rotatable bonds is 7. The van der Waals surface area contributed by atoms with Crippen LogP contribution in [0.25, 0.3) is 0 Å². The highest BCUT2D eigenvalue weighted by Crippen LogP contribution is 2.30. The van der Waals surface area contributed by atoms with Gasteiger partial charge in [0.25, 0.3) is 5.91 Å². The molecular weight excluding hydrogens is 407 g/mol. The third-order valence-corrected chi connectivity index (χ3v) is 6.45. The number of nitrogens with two attached hydrogens (primary N) is 1. The van der Waals surface area contributed by atoms with E-state index in [9.17, 15) is 14.0 Å². The Morgan fingerprint density at radius 3 is 2.47 bits per heavy atom. The second-order valence-electron chi connectivity index (χ2n) is 8.41. The molecule has 2 aromatic carbocycles. The monoisotopic (exact) mass is 438 g/mol. The van der Waals surface area contributed by atoms with Crippen molar-refractivity contribution in [2.45, 2.75) is 58.2 Å². The summed E-state index contributed by atoms with van der Waals surface area (Å²) in [6.07, 6.45) is 1.70. The van der Waals surface area contributed by atoms with E-state index in [1.807, 2.05) is 51.1 Å². The molecule has 0 unspecified atom stereocenters. The second-order valence-corrected chi connectivity index (χ2v) is 8.41. The molecule has 2 N–H and O–H groups in total. The Morgan fingerprint density at radius 2 is 1.88 bits per heavy atom. The van der Waals surface area contributed by atoms with Crippen molar-refractivity contribution in [2.24, 2.45) is 10.7 Å². The van der Waals surface area contributed by atoms with Gasteiger partial charge in [-0.25, -0.2) is 9.38 Å². The van der Waals surface area contributed by atoms with Gasteiger partial charge < -0.3 is 10.6 Å². The quantitative estimate of drug-likeness (QED) is 0.701. The molecule has 3 rings (SSSR count). The van der Waals surface area contributed by atoms with Gasteiger partial charge in [-0.05, 0) is 49.1 Å². The van der Waals surface area contributed by atoms with Crippen LogP contribution in [0.4, 0.5) is 4.39 Å². The van der Waals surface area contributed by atoms with Crippen LogP contribution in [0.2, 0.25) is 0 Å². The molecule has 2 aromatic rings. The number of carbonyl (C=O) groups excluding carboxylic acids is 2. The highest BCUT2D eigenvalue weighted by atomic mass is 19.1. The summed E-state index contributed by atoms with van der Waals surface area (Å²) in [7, 11) is 1.69. The number of halogens is 1. The van der Waals surface area contributed by atoms with Crippen molar-refractivity contribution < 1.29 is 14.0 Å². The molecule has 0 saturated carbocycles. The standard InChI is InChI=1S/C25H31FN4O2/c1-5-25(6-2)15-22(31)30(24(27)28-25)16-18-12-20(14-21(26)13-18)23(32)29(4)17(3)19-10-8-7-9-11-19/h7-14,17H,5-6,15-16H2,1-4H3,(H2,27,28)/t17-/m0/s1. The van der Waals surface area contributed by atoms with Gasteiger partial charge in [-0.15, -0.1) is 0 Å². The number of guanidine groups is 1. The molecule has 1 heterocycles. The van der Waals surface area contributed by atoms with Crippen LogP contribution < -0.4 is 5.73 Å². The van der Waals surface area contributed by atoms with Gasteiger partial charge in [0.1, 0.15) is 5.82 Å². The smallest absolute Gasteiger partial charge is 0.254 e. The van der Waals surface area contributed by atoms with E-state index in [1.165, 1.54) is 17.0 Å². The van der Waals surface area contributed by atoms with Gasteiger partial charge in [0.2, 0.25) is 5.91 Å². The zero-order chi connectivity index (χ0) is 23.5. The van der Waals surface area contributed by atoms with E-state index in [0.717, 1.165) is 5.56 Å². The number of carbonyl (C=O) groups is 2. The van der Waals surface area contributed by atoms with Crippen molar-refractivity contribution in [3.8, 4) is 0 Å². The lowest BCUT2D eigenvalue weighted by Crippen LogP contribution is -2.50. The minimum Gasteiger partial charge on any atom is -0.369 e. The van der Waals surface area contributed by atoms with Crippen molar-refractivity contribution in [3.63, 3.8) is 0 Å². The van der Waals surface area contributed by atoms with Gasteiger partial charge >= 0.3 is 0 Å². The molecule has 6 nitrogen and oxygen atoms in total. The minimum atomic E-state index is -0.539. The third-order valence-electron chi connectivity index (χ3n) is 6.45. The molecule has 1 aliphatic heterocycles. The van der Waals surface area contributed by atoms with Crippen molar-refractivity contribution in [2.75, 3.05) is 7.05 Å². The van der Waals surface area contributed by atoms with Crippen LogP contribution in [0.5, 0.6) is 0 Å². The first-order valence-electron chi connectivity index (χ1n) is 11.0. The zero-order valence-electron chi connectivity index (χ0n) is 19.1. The summed E-state index contributed by atoms with van der Waals surface area (Å²) in [4.78, 5) is 33.4. The first-order valence-corrected chi connectivity index (χ1v) is 11.0. The van der Waals surface area contributed by atoms with E-state index >= 15 is 0 Å². The SMILES string of the molecule is CCC1(CC)CC(=O)N(Cc2cc(F)cc(C(=O)N(C)[C@@H](C)c3ccccc3)c2)C(N)=N1. The van der Waals surface area contributed by atoms with Crippen LogP contribution in [0.15, 0.2) is 53.5 Å². The molecule has 1 atom stereocenters. The average molecular weight is 439 g/mol. The van der Waals surface area contributed by atoms with Crippen molar-refractivity contribution in [3.05, 3.63) is 71.0 Å². The van der Waals surface area contributed by atoms with Crippen LogP contribution in [-0.4, -0.2) is 40.2 Å². The minimum absolute atomic E-state index is 0.0632. The largest absolute Gasteiger partial charge is 0.369 e. The maximum absolute atomic E-state index is 14.4. The van der Waals surface area contributed by atoms with Gasteiger partial charge in [-0.3, -0.25) is 14.5 Å². The molecule has 0 bridgehead atoms. The van der Waals surface area contributed by atoms with Crippen LogP contribution in [0, 0.1) is 5.82 Å². The normalized spacial score (nSPS) is 16.5. The van der Waals surface area contributed by atoms with Gasteiger partial charge in [0.15, 0.2) is 5.96 Å². The summed E-state index contributed by atoms with van der Waals surface area (Å²) in [6, 6.07) is 13.6. The van der Waals surface area contributed by atoms with E-state index in [2.05, 4.69) is 4.99 Å². The number of aliphatic imine (C=N–C) groups is 1. The number of hydrogen-bond acceptors (Lipinski definition) is 4. The fourth-order valence-electron chi connectivity index (χ4n) is 4.06. The summed E-state index contributed by atoms with van der Waals surface area (Å²) in [5, 5.41) is 0. The Bertz CT molecular complexity index is 1020. The van der Waals surface area contributed by atoms with Crippen LogP contribution in [0.1, 0.15) is 67.6 Å². The van der Waals surface area contributed by atoms with E-state index < -0.39 is 11.4 Å². The van der Waals surface area contributed by atoms with Gasteiger partial charge in [-0.1, -0.05) is 44.2 Å². The predicted octanol–water partition coefficient (Wildman–Crippen LogP) is 4.26. The second kappa shape index (κ2) is 9.51. The topological polar surface area (TPSA) is 79.0 Å². The average Bonchev–Trinajstić information content (AvgIpc) is 2.80. The molecule has 0 aliphatic carbocycles. The van der Waals surface area contributed by atoms with E-state index in [-0.39, 0.29) is 42.3 Å². The molecule has 7 heteroatoms. The van der Waals surface area contributed by atoms with Crippen LogP contribution in [0.3, 0.4) is 0 Å². The molecule has 1 aliphatic rings. The molecule has 32 heavy (non-hydrogen) atoms. The maximum atomic E-state index is 14.4. The van der Waals surface area contributed by atoms with E-state index in [1.54, 1.807) is 18.0 Å². The first-order chi connectivity index (χ1) is 15.2. The number of hydrogen-bond donors (Lipinski definition) is 1. The molecule has 170 valence electrons. The fourth-order valence-corrected chi connectivity index (χ4v) is 4.06. The van der Waals surface area contributed by atoms with E-state index in [4.69, 9.17) is 5.73 Å². The molecule has 0 aromatic heterocycles. The lowest BCUT2D eigenvalue weighted by molar-refractivity contribution is -0.130. The molecular formula is C25H31FN4O2. The highest BCUT2D eigenvalue weighted by Gasteiger charge is 2.37. The molecule has 0 spiro atoms. The molecule has 0 fully saturated rings. The molecule has 2 amide bonds. The van der Waals surface area contributed by atoms with Gasteiger partial charge in [-0.2, -0.15) is 0 Å². The van der Waals surface area contributed by atoms with Gasteiger partial charge in [0.05, 0.1) is 24.5 Å². The highest BCUT2D eigenvalue weighted by molar-refractivity contribution is 5.99. The predicted molar refractivity (Wildman–Crippen MR) is 123 cm³/mol. The van der Waals surface area contributed by atoms with Crippen molar-refractivity contribution in [1.29, 1.82) is 0 Å². The lowest BCUT2D eigenvalue weighted by atomic mass is 9.88. The Kier molecular flexibility index (Phi) is 6.96. The molecule has 0 saturated heterocycles. The van der Waals surface area contributed by atoms with E-state index in [0.29, 0.717) is 18.4 Å². The van der Waals surface area contributed by atoms with Crippen molar-refractivity contribution in [1.82, 2.24) is 9.80 Å². The Labute approximate surface area is 188 Å². The fraction of sp³-hybridized carbons (Fsp3) is 0.400. The summed E-state index contributed by atoms with van der Waals surface area (Å²) in [5.41, 5.74) is 7.34. The summed E-state index contributed by atoms with van der Waals surface area (Å²) in [6.45, 7) is 5.96. The third kappa shape index (κ3) is 4.82. The first kappa shape index (κ1) is 23.4. The lowest BCUT2D eigenvalue weighted by Gasteiger charge is -2.36. The van der Waals surface area contributed by atoms with Crippen molar-refractivity contribution >= 4 is 17.8 Å². The number of benzene rings is 2. The maximum Gasteiger partial charge on any atom is 0.254 e. The Hall–Kier alpha value is -3.22. The number of amides is 2. The zero-order valence-corrected chi connectivity index (χ0v) is 19.1. The summed E-state index contributed by atoms with van der Waals surface area (Å²) in [5.74, 6) is -0.849. The van der Waals surface area contributed by atoms with Crippen LogP contribution >= 0.6 is 0 Å². The molecule has 0 radical (unpaired) electrons. The Balaban J connectivity index is 1.83. The number of nitrogens with zero attached hydrogens (tertiary/aromatic N) is 3. The van der Waals surface area contributed by atoms with Crippen LogP contribution in [-0.2, 0) is 11.3 Å². The van der Waals surface area contributed by atoms with Gasteiger partial charge in [0, 0.05) is 12.6 Å².